The van der Waals surface area contributed by atoms with E-state index in [0.717, 1.165) is 16.7 Å². The summed E-state index contributed by atoms with van der Waals surface area (Å²) in [5.41, 5.74) is 3.33. The second-order valence-electron chi connectivity index (χ2n) is 3.09. The molecule has 72 valence electrons. The average molecular weight is 325 g/mol. The zero-order chi connectivity index (χ0) is 10.1. The smallest absolute Gasteiger partial charge is 0.183 e. The molecule has 1 rings (SSSR count). The van der Waals surface area contributed by atoms with E-state index >= 15 is 0 Å². The standard InChI is InChI=1S/C10H10Cl3.Y/c1-7-4-3-5-8(2)9(7)6-10(11,12)13;/h4-5H,6H2,1-2H3;/q-1;+3. The first-order valence-electron chi connectivity index (χ1n) is 3.93. The van der Waals surface area contributed by atoms with Crippen molar-refractivity contribution in [1.82, 2.24) is 0 Å². The summed E-state index contributed by atoms with van der Waals surface area (Å²) in [5.74, 6) is 0. The van der Waals surface area contributed by atoms with Crippen molar-refractivity contribution in [2.75, 3.05) is 0 Å². The first-order chi connectivity index (χ1) is 5.90. The monoisotopic (exact) mass is 324 g/mol. The van der Waals surface area contributed by atoms with E-state index in [4.69, 9.17) is 34.8 Å². The summed E-state index contributed by atoms with van der Waals surface area (Å²) in [7, 11) is 0. The largest absolute Gasteiger partial charge is 3.00 e. The number of halogens is 3. The first kappa shape index (κ1) is 15.2. The Bertz CT molecular complexity index is 284. The fourth-order valence-corrected chi connectivity index (χ4v) is 1.66. The van der Waals surface area contributed by atoms with Crippen LogP contribution < -0.4 is 0 Å². The summed E-state index contributed by atoms with van der Waals surface area (Å²) in [5, 5.41) is 0. The molecule has 0 heterocycles. The van der Waals surface area contributed by atoms with Crippen LogP contribution in [0.25, 0.3) is 0 Å². The third-order valence-corrected chi connectivity index (χ3v) is 2.33. The Labute approximate surface area is 125 Å². The van der Waals surface area contributed by atoms with Gasteiger partial charge >= 0.3 is 32.7 Å². The summed E-state index contributed by atoms with van der Waals surface area (Å²) in [6.45, 7) is 3.99. The normalized spacial score (nSPS) is 10.9. The molecule has 0 unspecified atom stereocenters. The molecule has 1 aromatic rings. The predicted octanol–water partition coefficient (Wildman–Crippen LogP) is 4.01. The molecule has 0 N–H and O–H groups in total. The van der Waals surface area contributed by atoms with Crippen LogP contribution in [-0.4, -0.2) is 3.79 Å². The van der Waals surface area contributed by atoms with Crippen LogP contribution in [0.2, 0.25) is 0 Å². The molecular weight excluding hydrogens is 315 g/mol. The topological polar surface area (TPSA) is 0 Å². The van der Waals surface area contributed by atoms with Crippen molar-refractivity contribution in [1.29, 1.82) is 0 Å². The van der Waals surface area contributed by atoms with E-state index in [1.165, 1.54) is 0 Å². The van der Waals surface area contributed by atoms with Gasteiger partial charge in [0, 0.05) is 0 Å². The number of aryl methyl sites for hydroxylation is 2. The molecule has 0 aromatic heterocycles. The van der Waals surface area contributed by atoms with Crippen LogP contribution >= 0.6 is 34.8 Å². The van der Waals surface area contributed by atoms with Gasteiger partial charge in [-0.3, -0.25) is 0 Å². The molecule has 0 amide bonds. The third-order valence-electron chi connectivity index (χ3n) is 1.93. The Morgan fingerprint density at radius 1 is 1.14 bits per heavy atom. The van der Waals surface area contributed by atoms with Gasteiger partial charge in [-0.1, -0.05) is 48.7 Å². The number of hydrogen-bond donors (Lipinski definition) is 0. The Kier molecular flexibility index (Phi) is 6.58. The molecule has 4 heteroatoms. The molecule has 0 fully saturated rings. The van der Waals surface area contributed by atoms with E-state index < -0.39 is 3.79 Å². The fraction of sp³-hybridized carbons (Fsp3) is 0.400. The van der Waals surface area contributed by atoms with Crippen LogP contribution in [0.4, 0.5) is 0 Å². The molecule has 1 aromatic carbocycles. The van der Waals surface area contributed by atoms with Crippen molar-refractivity contribution >= 4 is 34.8 Å². The molecule has 0 aliphatic heterocycles. The van der Waals surface area contributed by atoms with Crippen molar-refractivity contribution in [2.24, 2.45) is 0 Å². The van der Waals surface area contributed by atoms with Gasteiger partial charge in [0.1, 0.15) is 0 Å². The Hall–Kier alpha value is 1.19. The van der Waals surface area contributed by atoms with Crippen molar-refractivity contribution in [3.8, 4) is 0 Å². The summed E-state index contributed by atoms with van der Waals surface area (Å²) < 4.78 is -1.21. The summed E-state index contributed by atoms with van der Waals surface area (Å²) >= 11 is 17.2. The minimum absolute atomic E-state index is 0. The van der Waals surface area contributed by atoms with Crippen LogP contribution in [0, 0.1) is 19.9 Å². The Morgan fingerprint density at radius 2 is 1.57 bits per heavy atom. The number of rotatable bonds is 1. The van der Waals surface area contributed by atoms with Gasteiger partial charge in [-0.2, -0.15) is 29.3 Å². The quantitative estimate of drug-likeness (QED) is 0.540. The Morgan fingerprint density at radius 3 is 1.93 bits per heavy atom. The summed E-state index contributed by atoms with van der Waals surface area (Å²) in [6, 6.07) is 6.83. The molecule has 0 saturated heterocycles. The second-order valence-corrected chi connectivity index (χ2v) is 5.61. The van der Waals surface area contributed by atoms with Crippen molar-refractivity contribution < 1.29 is 32.7 Å². The van der Waals surface area contributed by atoms with Gasteiger partial charge in [0.15, 0.2) is 3.79 Å². The molecule has 0 spiro atoms. The van der Waals surface area contributed by atoms with Crippen molar-refractivity contribution in [3.63, 3.8) is 0 Å². The number of hydrogen-bond acceptors (Lipinski definition) is 0. The van der Waals surface area contributed by atoms with E-state index in [1.807, 2.05) is 26.0 Å². The van der Waals surface area contributed by atoms with Crippen LogP contribution in [0.15, 0.2) is 12.1 Å². The minimum atomic E-state index is -1.21. The molecule has 0 atom stereocenters. The summed E-state index contributed by atoms with van der Waals surface area (Å²) in [6.07, 6.45) is 0.448. The van der Waals surface area contributed by atoms with Gasteiger partial charge in [-0.05, 0) is 6.42 Å². The van der Waals surface area contributed by atoms with Crippen LogP contribution in [0.1, 0.15) is 16.7 Å². The molecular formula is C10H10Cl3Y+2. The fourth-order valence-electron chi connectivity index (χ4n) is 1.26. The van der Waals surface area contributed by atoms with Gasteiger partial charge in [0.05, 0.1) is 0 Å². The zero-order valence-electron chi connectivity index (χ0n) is 8.07. The SMILES string of the molecule is Cc1c[c-]cc(C)c1CC(Cl)(Cl)Cl.[Y+3]. The predicted molar refractivity (Wildman–Crippen MR) is 58.7 cm³/mol. The molecule has 0 radical (unpaired) electrons. The molecule has 0 aliphatic rings. The molecule has 14 heavy (non-hydrogen) atoms. The van der Waals surface area contributed by atoms with E-state index in [2.05, 4.69) is 6.07 Å². The van der Waals surface area contributed by atoms with Crippen LogP contribution in [0.5, 0.6) is 0 Å². The second kappa shape index (κ2) is 6.06. The summed E-state index contributed by atoms with van der Waals surface area (Å²) in [4.78, 5) is 0. The minimum Gasteiger partial charge on any atom is -0.183 e. The van der Waals surface area contributed by atoms with E-state index in [9.17, 15) is 0 Å². The van der Waals surface area contributed by atoms with Gasteiger partial charge in [-0.25, -0.2) is 0 Å². The maximum absolute atomic E-state index is 5.73. The molecule has 0 nitrogen and oxygen atoms in total. The van der Waals surface area contributed by atoms with Crippen LogP contribution in [-0.2, 0) is 39.1 Å². The van der Waals surface area contributed by atoms with Gasteiger partial charge < -0.3 is 0 Å². The van der Waals surface area contributed by atoms with E-state index in [-0.39, 0.29) is 32.7 Å². The molecule has 0 aliphatic carbocycles. The molecule has 0 saturated carbocycles. The van der Waals surface area contributed by atoms with Gasteiger partial charge in [0.2, 0.25) is 0 Å². The van der Waals surface area contributed by atoms with E-state index in [0.29, 0.717) is 6.42 Å². The third kappa shape index (κ3) is 4.81. The maximum Gasteiger partial charge on any atom is 3.00 e. The van der Waals surface area contributed by atoms with Crippen molar-refractivity contribution in [2.45, 2.75) is 24.1 Å². The van der Waals surface area contributed by atoms with Gasteiger partial charge in [-0.15, -0.1) is 5.56 Å². The first-order valence-corrected chi connectivity index (χ1v) is 5.06. The van der Waals surface area contributed by atoms with E-state index in [1.54, 1.807) is 0 Å². The molecule has 0 bridgehead atoms. The maximum atomic E-state index is 5.73. The Balaban J connectivity index is 0.00000169. The van der Waals surface area contributed by atoms with Crippen molar-refractivity contribution in [3.05, 3.63) is 34.9 Å². The average Bonchev–Trinajstić information content (AvgIpc) is 1.95. The number of benzene rings is 1. The van der Waals surface area contributed by atoms with Gasteiger partial charge in [0.25, 0.3) is 0 Å². The zero-order valence-corrected chi connectivity index (χ0v) is 13.2. The van der Waals surface area contributed by atoms with Crippen LogP contribution in [0.3, 0.4) is 0 Å². The number of alkyl halides is 3.